The molecule has 0 aromatic heterocycles. The van der Waals surface area contributed by atoms with Crippen LogP contribution in [0.25, 0.3) is 0 Å². The lowest BCUT2D eigenvalue weighted by molar-refractivity contribution is 0.123. The second kappa shape index (κ2) is 12.6. The van der Waals surface area contributed by atoms with E-state index in [1.54, 1.807) is 0 Å². The molecule has 120 valence electrons. The van der Waals surface area contributed by atoms with E-state index >= 15 is 0 Å². The third-order valence-corrected chi connectivity index (χ3v) is 3.11. The second-order valence-electron chi connectivity index (χ2n) is 5.45. The zero-order chi connectivity index (χ0) is 13.9. The van der Waals surface area contributed by atoms with Crippen molar-refractivity contribution in [3.8, 4) is 0 Å². The number of halogens is 1. The van der Waals surface area contributed by atoms with Crippen LogP contribution in [0.1, 0.15) is 25.7 Å². The van der Waals surface area contributed by atoms with Gasteiger partial charge in [0.2, 0.25) is 0 Å². The smallest absolute Gasteiger partial charge is 0.190 e. The summed E-state index contributed by atoms with van der Waals surface area (Å²) in [4.78, 5) is 6.39. The van der Waals surface area contributed by atoms with Gasteiger partial charge in [-0.15, -0.1) is 24.0 Å². The maximum absolute atomic E-state index is 5.59. The highest BCUT2D eigenvalue weighted by Gasteiger charge is 2.20. The Hall–Kier alpha value is -0.0800. The molecule has 0 aromatic rings. The van der Waals surface area contributed by atoms with Crippen molar-refractivity contribution >= 4 is 29.9 Å². The molecule has 1 rings (SSSR count). The molecule has 0 bridgehead atoms. The monoisotopic (exact) mass is 398 g/mol. The molecule has 0 saturated heterocycles. The normalized spacial score (nSPS) is 15.1. The molecule has 0 atom stereocenters. The molecule has 0 aromatic carbocycles. The van der Waals surface area contributed by atoms with E-state index in [-0.39, 0.29) is 24.0 Å². The highest BCUT2D eigenvalue weighted by atomic mass is 127. The summed E-state index contributed by atoms with van der Waals surface area (Å²) in [6.45, 7) is 4.77. The van der Waals surface area contributed by atoms with Crippen LogP contribution in [0.5, 0.6) is 0 Å². The minimum absolute atomic E-state index is 0. The van der Waals surface area contributed by atoms with E-state index in [0.29, 0.717) is 0 Å². The average Bonchev–Trinajstić information content (AvgIpc) is 3.19. The minimum Gasteiger partial charge on any atom is -0.381 e. The Morgan fingerprint density at radius 2 is 1.85 bits per heavy atom. The molecule has 2 N–H and O–H groups in total. The van der Waals surface area contributed by atoms with E-state index < -0.39 is 0 Å². The summed E-state index contributed by atoms with van der Waals surface area (Å²) in [5, 5.41) is 6.62. The summed E-state index contributed by atoms with van der Waals surface area (Å²) in [7, 11) is 5.99. The van der Waals surface area contributed by atoms with E-state index in [4.69, 9.17) is 4.74 Å². The lowest BCUT2D eigenvalue weighted by atomic mass is 10.4. The highest BCUT2D eigenvalue weighted by molar-refractivity contribution is 14.0. The van der Waals surface area contributed by atoms with Crippen molar-refractivity contribution in [2.75, 3.05) is 54.0 Å². The zero-order valence-electron chi connectivity index (χ0n) is 13.2. The van der Waals surface area contributed by atoms with E-state index in [2.05, 4.69) is 34.6 Å². The van der Waals surface area contributed by atoms with Crippen molar-refractivity contribution in [2.24, 2.45) is 10.9 Å². The molecule has 0 unspecified atom stereocenters. The van der Waals surface area contributed by atoms with Gasteiger partial charge in [0.1, 0.15) is 0 Å². The number of nitrogens with one attached hydrogen (secondary N) is 2. The number of hydrogen-bond acceptors (Lipinski definition) is 3. The summed E-state index contributed by atoms with van der Waals surface area (Å²) in [5.74, 6) is 1.75. The van der Waals surface area contributed by atoms with Gasteiger partial charge in [0.25, 0.3) is 0 Å². The molecule has 5 nitrogen and oxygen atoms in total. The van der Waals surface area contributed by atoms with Gasteiger partial charge < -0.3 is 20.3 Å². The van der Waals surface area contributed by atoms with Crippen molar-refractivity contribution < 1.29 is 4.74 Å². The van der Waals surface area contributed by atoms with Gasteiger partial charge in [0, 0.05) is 33.4 Å². The third-order valence-electron chi connectivity index (χ3n) is 3.11. The molecule has 0 heterocycles. The zero-order valence-corrected chi connectivity index (χ0v) is 15.5. The Labute approximate surface area is 140 Å². The van der Waals surface area contributed by atoms with Crippen LogP contribution in [-0.2, 0) is 4.74 Å². The number of guanidine groups is 1. The van der Waals surface area contributed by atoms with E-state index in [1.165, 1.54) is 12.8 Å². The first-order valence-corrected chi connectivity index (χ1v) is 7.39. The topological polar surface area (TPSA) is 48.9 Å². The maximum atomic E-state index is 5.59. The van der Waals surface area contributed by atoms with Crippen LogP contribution in [0.4, 0.5) is 0 Å². The molecule has 0 aliphatic heterocycles. The van der Waals surface area contributed by atoms with Crippen molar-refractivity contribution in [3.63, 3.8) is 0 Å². The number of hydrogen-bond donors (Lipinski definition) is 2. The molecule has 20 heavy (non-hydrogen) atoms. The lowest BCUT2D eigenvalue weighted by Crippen LogP contribution is -2.39. The van der Waals surface area contributed by atoms with Crippen LogP contribution in [0.15, 0.2) is 4.99 Å². The van der Waals surface area contributed by atoms with Gasteiger partial charge in [0.05, 0.1) is 0 Å². The van der Waals surface area contributed by atoms with Gasteiger partial charge in [-0.3, -0.25) is 4.99 Å². The Morgan fingerprint density at radius 3 is 2.40 bits per heavy atom. The van der Waals surface area contributed by atoms with Crippen molar-refractivity contribution in [2.45, 2.75) is 25.7 Å². The summed E-state index contributed by atoms with van der Waals surface area (Å²) >= 11 is 0. The standard InChI is InChI=1S/C14H30N4O.HI/c1-15-14(16-8-4-10-18(2)3)17-9-5-11-19-12-13-6-7-13;/h13H,4-12H2,1-3H3,(H2,15,16,17);1H. The molecule has 0 spiro atoms. The van der Waals surface area contributed by atoms with Crippen molar-refractivity contribution in [3.05, 3.63) is 0 Å². The first-order valence-electron chi connectivity index (χ1n) is 7.39. The fourth-order valence-corrected chi connectivity index (χ4v) is 1.74. The van der Waals surface area contributed by atoms with Crippen molar-refractivity contribution in [1.29, 1.82) is 0 Å². The first kappa shape index (κ1) is 19.9. The molecule has 1 fully saturated rings. The molecular formula is C14H31IN4O. The fraction of sp³-hybridized carbons (Fsp3) is 0.929. The van der Waals surface area contributed by atoms with Gasteiger partial charge >= 0.3 is 0 Å². The summed E-state index contributed by atoms with van der Waals surface area (Å²) < 4.78 is 5.59. The van der Waals surface area contributed by atoms with Crippen LogP contribution < -0.4 is 10.6 Å². The van der Waals surface area contributed by atoms with E-state index in [0.717, 1.165) is 57.6 Å². The Kier molecular flexibility index (Phi) is 12.6. The Balaban J connectivity index is 0.00000361. The molecule has 1 aliphatic carbocycles. The summed E-state index contributed by atoms with van der Waals surface area (Å²) in [5.41, 5.74) is 0. The molecule has 0 amide bonds. The molecule has 1 aliphatic rings. The largest absolute Gasteiger partial charge is 0.381 e. The lowest BCUT2D eigenvalue weighted by Gasteiger charge is -2.13. The van der Waals surface area contributed by atoms with Gasteiger partial charge in [-0.05, 0) is 52.2 Å². The van der Waals surface area contributed by atoms with Crippen LogP contribution in [-0.4, -0.2) is 64.9 Å². The van der Waals surface area contributed by atoms with Gasteiger partial charge in [-0.1, -0.05) is 0 Å². The number of nitrogens with zero attached hydrogens (tertiary/aromatic N) is 2. The average molecular weight is 398 g/mol. The molecule has 1 saturated carbocycles. The fourth-order valence-electron chi connectivity index (χ4n) is 1.74. The summed E-state index contributed by atoms with van der Waals surface area (Å²) in [6, 6.07) is 0. The third kappa shape index (κ3) is 11.7. The molecule has 6 heteroatoms. The van der Waals surface area contributed by atoms with Gasteiger partial charge in [0.15, 0.2) is 5.96 Å². The first-order chi connectivity index (χ1) is 9.22. The number of ether oxygens (including phenoxy) is 1. The van der Waals surface area contributed by atoms with Gasteiger partial charge in [-0.25, -0.2) is 0 Å². The molecule has 0 radical (unpaired) electrons. The number of aliphatic imine (C=N–C) groups is 1. The SMILES string of the molecule is CN=C(NCCCOCC1CC1)NCCCN(C)C.I. The predicted octanol–water partition coefficient (Wildman–Crippen LogP) is 1.54. The second-order valence-corrected chi connectivity index (χ2v) is 5.45. The van der Waals surface area contributed by atoms with Crippen LogP contribution in [0.2, 0.25) is 0 Å². The van der Waals surface area contributed by atoms with Gasteiger partial charge in [-0.2, -0.15) is 0 Å². The van der Waals surface area contributed by atoms with Crippen LogP contribution in [0.3, 0.4) is 0 Å². The highest BCUT2D eigenvalue weighted by Crippen LogP contribution is 2.28. The quantitative estimate of drug-likeness (QED) is 0.254. The Morgan fingerprint density at radius 1 is 1.20 bits per heavy atom. The predicted molar refractivity (Wildman–Crippen MR) is 96.1 cm³/mol. The number of rotatable bonds is 10. The van der Waals surface area contributed by atoms with Crippen LogP contribution >= 0.6 is 24.0 Å². The van der Waals surface area contributed by atoms with Crippen LogP contribution in [0, 0.1) is 5.92 Å². The summed E-state index contributed by atoms with van der Waals surface area (Å²) in [6.07, 6.45) is 4.88. The maximum Gasteiger partial charge on any atom is 0.190 e. The van der Waals surface area contributed by atoms with Crippen molar-refractivity contribution in [1.82, 2.24) is 15.5 Å². The molecular weight excluding hydrogens is 367 g/mol. The van der Waals surface area contributed by atoms with E-state index in [1.807, 2.05) is 7.05 Å². The minimum atomic E-state index is 0. The Bertz CT molecular complexity index is 258. The van der Waals surface area contributed by atoms with E-state index in [9.17, 15) is 0 Å².